The molecule has 8 nitrogen and oxygen atoms in total. The van der Waals surface area contributed by atoms with Crippen molar-refractivity contribution < 1.29 is 5.11 Å². The van der Waals surface area contributed by atoms with Crippen molar-refractivity contribution in [2.45, 2.75) is 39.5 Å². The van der Waals surface area contributed by atoms with Gasteiger partial charge in [-0.05, 0) is 54.2 Å². The van der Waals surface area contributed by atoms with Crippen LogP contribution in [0, 0.1) is 5.41 Å². The number of nitrogens with zero attached hydrogens (tertiary/aromatic N) is 6. The molecule has 168 valence electrons. The van der Waals surface area contributed by atoms with Gasteiger partial charge in [-0.1, -0.05) is 13.8 Å². The number of hydrogen-bond donors (Lipinski definition) is 2. The Morgan fingerprint density at radius 3 is 2.59 bits per heavy atom. The summed E-state index contributed by atoms with van der Waals surface area (Å²) in [4.78, 5) is 23.2. The summed E-state index contributed by atoms with van der Waals surface area (Å²) in [6.07, 6.45) is 9.71. The zero-order valence-electron chi connectivity index (χ0n) is 18.9. The third kappa shape index (κ3) is 4.19. The second-order valence-electron chi connectivity index (χ2n) is 9.59. The Morgan fingerprint density at radius 1 is 1.00 bits per heavy atom. The van der Waals surface area contributed by atoms with E-state index in [1.54, 1.807) is 6.20 Å². The molecule has 0 radical (unpaired) electrons. The van der Waals surface area contributed by atoms with E-state index >= 15 is 0 Å². The standard InChI is InChI=1S/C24H31N7O/c1-24(2)7-3-9-31(16-24)23-25-8-5-20(29-23)28-21-13-18-17(6-12-32)14-27-22(19(18)15-26-21)30-10-4-11-30/h5,8,13-15,32H,3-4,6-7,9-12,16H2,1-2H3,(H,25,26,28,29). The quantitative estimate of drug-likeness (QED) is 0.610. The average molecular weight is 434 g/mol. The molecule has 5 heterocycles. The molecule has 0 bridgehead atoms. The highest BCUT2D eigenvalue weighted by Crippen LogP contribution is 2.32. The predicted molar refractivity (Wildman–Crippen MR) is 128 cm³/mol. The van der Waals surface area contributed by atoms with Gasteiger partial charge < -0.3 is 20.2 Å². The summed E-state index contributed by atoms with van der Waals surface area (Å²) in [6.45, 7) is 8.68. The van der Waals surface area contributed by atoms with E-state index in [4.69, 9.17) is 4.98 Å². The maximum Gasteiger partial charge on any atom is 0.227 e. The molecule has 2 saturated heterocycles. The molecule has 3 aromatic rings. The molecule has 0 atom stereocenters. The van der Waals surface area contributed by atoms with Crippen LogP contribution in [0.3, 0.4) is 0 Å². The van der Waals surface area contributed by atoms with Crippen LogP contribution in [-0.2, 0) is 6.42 Å². The maximum absolute atomic E-state index is 9.52. The summed E-state index contributed by atoms with van der Waals surface area (Å²) in [6, 6.07) is 3.91. The van der Waals surface area contributed by atoms with Crippen molar-refractivity contribution in [3.8, 4) is 0 Å². The van der Waals surface area contributed by atoms with Crippen LogP contribution in [-0.4, -0.2) is 57.8 Å². The number of anilines is 4. The van der Waals surface area contributed by atoms with E-state index in [0.29, 0.717) is 6.42 Å². The predicted octanol–water partition coefficient (Wildman–Crippen LogP) is 3.53. The Balaban J connectivity index is 1.43. The van der Waals surface area contributed by atoms with Crippen LogP contribution in [0.25, 0.3) is 10.8 Å². The fourth-order valence-electron chi connectivity index (χ4n) is 4.64. The molecule has 2 fully saturated rings. The molecule has 0 aromatic carbocycles. The summed E-state index contributed by atoms with van der Waals surface area (Å²) < 4.78 is 0. The van der Waals surface area contributed by atoms with E-state index in [2.05, 4.69) is 43.9 Å². The molecule has 2 aliphatic heterocycles. The molecule has 0 unspecified atom stereocenters. The number of hydrogen-bond acceptors (Lipinski definition) is 8. The Labute approximate surface area is 188 Å². The highest BCUT2D eigenvalue weighted by molar-refractivity contribution is 5.95. The van der Waals surface area contributed by atoms with Crippen LogP contribution in [0.4, 0.5) is 23.4 Å². The lowest BCUT2D eigenvalue weighted by Crippen LogP contribution is -2.41. The fourth-order valence-corrected chi connectivity index (χ4v) is 4.64. The van der Waals surface area contributed by atoms with Crippen molar-refractivity contribution >= 4 is 34.2 Å². The second-order valence-corrected chi connectivity index (χ2v) is 9.59. The number of aliphatic hydroxyl groups excluding tert-OH is 1. The van der Waals surface area contributed by atoms with Gasteiger partial charge in [-0.25, -0.2) is 15.0 Å². The Kier molecular flexibility index (Phi) is 5.55. The maximum atomic E-state index is 9.52. The molecule has 5 rings (SSSR count). The van der Waals surface area contributed by atoms with Crippen LogP contribution in [0.2, 0.25) is 0 Å². The van der Waals surface area contributed by atoms with Gasteiger partial charge in [0.15, 0.2) is 0 Å². The zero-order chi connectivity index (χ0) is 22.1. The first-order valence-electron chi connectivity index (χ1n) is 11.5. The molecule has 2 N–H and O–H groups in total. The third-order valence-corrected chi connectivity index (χ3v) is 6.45. The lowest BCUT2D eigenvalue weighted by atomic mass is 9.84. The van der Waals surface area contributed by atoms with Crippen molar-refractivity contribution in [1.29, 1.82) is 0 Å². The molecule has 0 aliphatic carbocycles. The van der Waals surface area contributed by atoms with Gasteiger partial charge in [0, 0.05) is 56.8 Å². The Morgan fingerprint density at radius 2 is 1.84 bits per heavy atom. The van der Waals surface area contributed by atoms with Gasteiger partial charge in [0.05, 0.1) is 0 Å². The van der Waals surface area contributed by atoms with Crippen molar-refractivity contribution in [2.75, 3.05) is 47.9 Å². The molecule has 0 amide bonds. The number of aliphatic hydroxyl groups is 1. The first-order valence-corrected chi connectivity index (χ1v) is 11.5. The Hall–Kier alpha value is -3.00. The van der Waals surface area contributed by atoms with Gasteiger partial charge in [-0.15, -0.1) is 0 Å². The van der Waals surface area contributed by atoms with Crippen LogP contribution < -0.4 is 15.1 Å². The monoisotopic (exact) mass is 433 g/mol. The number of piperidine rings is 1. The van der Waals surface area contributed by atoms with E-state index in [1.165, 1.54) is 12.8 Å². The summed E-state index contributed by atoms with van der Waals surface area (Å²) >= 11 is 0. The van der Waals surface area contributed by atoms with E-state index in [9.17, 15) is 5.11 Å². The van der Waals surface area contributed by atoms with Gasteiger partial charge in [-0.3, -0.25) is 0 Å². The highest BCUT2D eigenvalue weighted by atomic mass is 16.2. The lowest BCUT2D eigenvalue weighted by molar-refractivity contribution is 0.291. The molecular formula is C24H31N7O. The molecule has 0 saturated carbocycles. The average Bonchev–Trinajstić information content (AvgIpc) is 2.74. The fraction of sp³-hybridized carbons (Fsp3) is 0.500. The van der Waals surface area contributed by atoms with Gasteiger partial charge >= 0.3 is 0 Å². The summed E-state index contributed by atoms with van der Waals surface area (Å²) in [5, 5.41) is 15.0. The van der Waals surface area contributed by atoms with Crippen LogP contribution in [0.5, 0.6) is 0 Å². The highest BCUT2D eigenvalue weighted by Gasteiger charge is 2.27. The zero-order valence-corrected chi connectivity index (χ0v) is 18.9. The number of fused-ring (bicyclic) bond motifs is 1. The third-order valence-electron chi connectivity index (χ3n) is 6.45. The molecule has 32 heavy (non-hydrogen) atoms. The van der Waals surface area contributed by atoms with Gasteiger partial charge in [0.1, 0.15) is 17.5 Å². The van der Waals surface area contributed by atoms with Gasteiger partial charge in [-0.2, -0.15) is 4.98 Å². The largest absolute Gasteiger partial charge is 0.396 e. The Bertz CT molecular complexity index is 1110. The normalized spacial score (nSPS) is 18.0. The SMILES string of the molecule is CC1(C)CCCN(c2nccc(Nc3cc4c(CCO)cnc(N5CCC5)c4cn3)n2)C1. The lowest BCUT2D eigenvalue weighted by Gasteiger charge is -2.38. The minimum atomic E-state index is 0.0897. The molecule has 3 aromatic heterocycles. The molecule has 0 spiro atoms. The van der Waals surface area contributed by atoms with Crippen LogP contribution >= 0.6 is 0 Å². The topological polar surface area (TPSA) is 90.3 Å². The number of pyridine rings is 2. The van der Waals surface area contributed by atoms with E-state index < -0.39 is 0 Å². The van der Waals surface area contributed by atoms with Crippen molar-refractivity contribution in [3.05, 3.63) is 36.3 Å². The number of rotatable bonds is 6. The summed E-state index contributed by atoms with van der Waals surface area (Å²) in [5.74, 6) is 3.19. The van der Waals surface area contributed by atoms with Crippen molar-refractivity contribution in [1.82, 2.24) is 19.9 Å². The number of nitrogens with one attached hydrogen (secondary N) is 1. The minimum absolute atomic E-state index is 0.0897. The van der Waals surface area contributed by atoms with Gasteiger partial charge in [0.25, 0.3) is 0 Å². The minimum Gasteiger partial charge on any atom is -0.396 e. The van der Waals surface area contributed by atoms with E-state index in [0.717, 1.165) is 72.3 Å². The first-order chi connectivity index (χ1) is 15.5. The van der Waals surface area contributed by atoms with Gasteiger partial charge in [0.2, 0.25) is 5.95 Å². The van der Waals surface area contributed by atoms with Crippen molar-refractivity contribution in [3.63, 3.8) is 0 Å². The van der Waals surface area contributed by atoms with Crippen LogP contribution in [0.15, 0.2) is 30.7 Å². The summed E-state index contributed by atoms with van der Waals surface area (Å²) in [5.41, 5.74) is 1.30. The first kappa shape index (κ1) is 20.9. The molecule has 2 aliphatic rings. The van der Waals surface area contributed by atoms with Crippen LogP contribution in [0.1, 0.15) is 38.7 Å². The van der Waals surface area contributed by atoms with E-state index in [-0.39, 0.29) is 12.0 Å². The van der Waals surface area contributed by atoms with E-state index in [1.807, 2.05) is 24.5 Å². The smallest absolute Gasteiger partial charge is 0.227 e. The van der Waals surface area contributed by atoms with Crippen molar-refractivity contribution in [2.24, 2.45) is 5.41 Å². The second kappa shape index (κ2) is 8.50. The molecule has 8 heteroatoms. The summed E-state index contributed by atoms with van der Waals surface area (Å²) in [7, 11) is 0. The molecular weight excluding hydrogens is 402 g/mol. The number of aromatic nitrogens is 4.